The molecule has 3 rings (SSSR count). The molecule has 0 aliphatic carbocycles. The summed E-state index contributed by atoms with van der Waals surface area (Å²) in [6.07, 6.45) is 1.34. The number of nitrogens with zero attached hydrogens (tertiary/aromatic N) is 1. The van der Waals surface area contributed by atoms with Gasteiger partial charge in [-0.25, -0.2) is 10.2 Å². The number of hydrogen-bond donors (Lipinski definition) is 2. The molecule has 0 saturated carbocycles. The largest absolute Gasteiger partial charge is 0.422 e. The predicted octanol–water partition coefficient (Wildman–Crippen LogP) is 4.51. The van der Waals surface area contributed by atoms with E-state index in [0.717, 1.165) is 10.0 Å². The number of benzene rings is 3. The van der Waals surface area contributed by atoms with Crippen molar-refractivity contribution in [1.82, 2.24) is 10.7 Å². The van der Waals surface area contributed by atoms with Gasteiger partial charge in [0.15, 0.2) is 0 Å². The van der Waals surface area contributed by atoms with Crippen molar-refractivity contribution in [2.75, 3.05) is 6.54 Å². The van der Waals surface area contributed by atoms with Crippen LogP contribution in [-0.2, 0) is 4.79 Å². The number of hydrogen-bond acceptors (Lipinski definition) is 5. The summed E-state index contributed by atoms with van der Waals surface area (Å²) in [6, 6.07) is 18.5. The maximum Gasteiger partial charge on any atom is 0.343 e. The maximum atomic E-state index is 12.4. The van der Waals surface area contributed by atoms with Crippen LogP contribution in [0.5, 0.6) is 5.75 Å². The van der Waals surface area contributed by atoms with Crippen molar-refractivity contribution in [3.63, 3.8) is 0 Å². The molecule has 0 atom stereocenters. The number of hydrazone groups is 1. The summed E-state index contributed by atoms with van der Waals surface area (Å²) in [7, 11) is 0. The Bertz CT molecular complexity index is 1210. The quantitative estimate of drug-likeness (QED) is 0.204. The van der Waals surface area contributed by atoms with E-state index in [1.165, 1.54) is 6.21 Å². The highest BCUT2D eigenvalue weighted by Gasteiger charge is 2.13. The summed E-state index contributed by atoms with van der Waals surface area (Å²) >= 11 is 9.33. The van der Waals surface area contributed by atoms with E-state index in [4.69, 9.17) is 16.3 Å². The number of amides is 2. The van der Waals surface area contributed by atoms with Gasteiger partial charge in [0.1, 0.15) is 5.75 Å². The van der Waals surface area contributed by atoms with Crippen LogP contribution in [0, 0.1) is 6.92 Å². The molecule has 7 nitrogen and oxygen atoms in total. The van der Waals surface area contributed by atoms with Crippen molar-refractivity contribution in [2.24, 2.45) is 5.10 Å². The van der Waals surface area contributed by atoms with Gasteiger partial charge in [-0.1, -0.05) is 57.4 Å². The van der Waals surface area contributed by atoms with E-state index in [1.807, 2.05) is 19.1 Å². The van der Waals surface area contributed by atoms with Crippen molar-refractivity contribution >= 4 is 51.5 Å². The van der Waals surface area contributed by atoms with Gasteiger partial charge < -0.3 is 10.1 Å². The molecule has 33 heavy (non-hydrogen) atoms. The number of nitrogens with one attached hydrogen (secondary N) is 2. The fourth-order valence-electron chi connectivity index (χ4n) is 2.68. The summed E-state index contributed by atoms with van der Waals surface area (Å²) in [4.78, 5) is 36.6. The number of halogens is 2. The second kappa shape index (κ2) is 11.4. The van der Waals surface area contributed by atoms with Crippen molar-refractivity contribution < 1.29 is 19.1 Å². The Kier molecular flexibility index (Phi) is 8.34. The highest BCUT2D eigenvalue weighted by molar-refractivity contribution is 9.10. The molecule has 168 valence electrons. The number of carbonyl (C=O) groups excluding carboxylic acids is 3. The highest BCUT2D eigenvalue weighted by Crippen LogP contribution is 2.23. The standard InChI is InChI=1S/C24H19BrClN3O4/c1-15-6-8-16(9-7-15)24(32)33-21-11-10-18(25)12-17(21)13-28-29-22(30)14-27-23(31)19-4-2-3-5-20(19)26/h2-13H,14H2,1H3,(H,27,31)(H,29,30)/b28-13-. The van der Waals surface area contributed by atoms with Gasteiger partial charge in [0.2, 0.25) is 0 Å². The Morgan fingerprint density at radius 1 is 1.06 bits per heavy atom. The van der Waals surface area contributed by atoms with Gasteiger partial charge in [-0.15, -0.1) is 0 Å². The molecule has 3 aromatic carbocycles. The van der Waals surface area contributed by atoms with Crippen LogP contribution < -0.4 is 15.5 Å². The molecule has 0 bridgehead atoms. The molecule has 2 N–H and O–H groups in total. The van der Waals surface area contributed by atoms with Crippen molar-refractivity contribution in [3.8, 4) is 5.75 Å². The van der Waals surface area contributed by atoms with Crippen LogP contribution in [-0.4, -0.2) is 30.5 Å². The lowest BCUT2D eigenvalue weighted by Crippen LogP contribution is -2.35. The predicted molar refractivity (Wildman–Crippen MR) is 130 cm³/mol. The van der Waals surface area contributed by atoms with E-state index in [1.54, 1.807) is 54.6 Å². The minimum absolute atomic E-state index is 0.268. The van der Waals surface area contributed by atoms with Gasteiger partial charge in [-0.2, -0.15) is 5.10 Å². The molecule has 0 aromatic heterocycles. The van der Waals surface area contributed by atoms with Crippen LogP contribution in [0.1, 0.15) is 31.8 Å². The molecule has 0 heterocycles. The Morgan fingerprint density at radius 2 is 1.79 bits per heavy atom. The van der Waals surface area contributed by atoms with E-state index < -0.39 is 17.8 Å². The van der Waals surface area contributed by atoms with Crippen LogP contribution in [0.3, 0.4) is 0 Å². The number of carbonyl (C=O) groups is 3. The zero-order valence-corrected chi connectivity index (χ0v) is 19.8. The molecular formula is C24H19BrClN3O4. The van der Waals surface area contributed by atoms with Crippen LogP contribution >= 0.6 is 27.5 Å². The van der Waals surface area contributed by atoms with E-state index >= 15 is 0 Å². The average molecular weight is 529 g/mol. The molecule has 0 unspecified atom stereocenters. The first-order chi connectivity index (χ1) is 15.8. The molecule has 0 saturated heterocycles. The van der Waals surface area contributed by atoms with Gasteiger partial charge in [-0.3, -0.25) is 9.59 Å². The van der Waals surface area contributed by atoms with Gasteiger partial charge in [0, 0.05) is 10.0 Å². The number of esters is 1. The lowest BCUT2D eigenvalue weighted by molar-refractivity contribution is -0.120. The second-order valence-corrected chi connectivity index (χ2v) is 8.22. The molecule has 0 radical (unpaired) electrons. The van der Waals surface area contributed by atoms with Crippen LogP contribution in [0.2, 0.25) is 5.02 Å². The Labute approximate surface area is 203 Å². The van der Waals surface area contributed by atoms with Crippen LogP contribution in [0.4, 0.5) is 0 Å². The second-order valence-electron chi connectivity index (χ2n) is 6.89. The highest BCUT2D eigenvalue weighted by atomic mass is 79.9. The van der Waals surface area contributed by atoms with E-state index in [9.17, 15) is 14.4 Å². The fourth-order valence-corrected chi connectivity index (χ4v) is 3.28. The first kappa shape index (κ1) is 24.2. The fraction of sp³-hybridized carbons (Fsp3) is 0.0833. The van der Waals surface area contributed by atoms with E-state index in [0.29, 0.717) is 11.1 Å². The van der Waals surface area contributed by atoms with Crippen LogP contribution in [0.15, 0.2) is 76.3 Å². The Balaban J connectivity index is 1.60. The zero-order valence-electron chi connectivity index (χ0n) is 17.5. The summed E-state index contributed by atoms with van der Waals surface area (Å²) < 4.78 is 6.22. The first-order valence-electron chi connectivity index (χ1n) is 9.76. The third-order valence-electron chi connectivity index (χ3n) is 4.38. The monoisotopic (exact) mass is 527 g/mol. The van der Waals surface area contributed by atoms with Gasteiger partial charge >= 0.3 is 5.97 Å². The molecule has 0 aliphatic heterocycles. The van der Waals surface area contributed by atoms with Gasteiger partial charge in [-0.05, 0) is 49.4 Å². The minimum Gasteiger partial charge on any atom is -0.422 e. The lowest BCUT2D eigenvalue weighted by Gasteiger charge is -2.08. The number of rotatable bonds is 7. The van der Waals surface area contributed by atoms with Crippen molar-refractivity contribution in [2.45, 2.75) is 6.92 Å². The summed E-state index contributed by atoms with van der Waals surface area (Å²) in [5.74, 6) is -1.26. The molecule has 9 heteroatoms. The van der Waals surface area contributed by atoms with Gasteiger partial charge in [0.25, 0.3) is 11.8 Å². The molecule has 0 aliphatic rings. The maximum absolute atomic E-state index is 12.4. The Hall–Kier alpha value is -3.49. The summed E-state index contributed by atoms with van der Waals surface area (Å²) in [5.41, 5.74) is 4.49. The van der Waals surface area contributed by atoms with Crippen molar-refractivity contribution in [3.05, 3.63) is 98.5 Å². The first-order valence-corrected chi connectivity index (χ1v) is 10.9. The van der Waals surface area contributed by atoms with Crippen molar-refractivity contribution in [1.29, 1.82) is 0 Å². The zero-order chi connectivity index (χ0) is 23.8. The Morgan fingerprint density at radius 3 is 2.52 bits per heavy atom. The van der Waals surface area contributed by atoms with E-state index in [-0.39, 0.29) is 22.9 Å². The lowest BCUT2D eigenvalue weighted by atomic mass is 10.1. The molecular weight excluding hydrogens is 510 g/mol. The average Bonchev–Trinajstić information content (AvgIpc) is 2.80. The normalized spacial score (nSPS) is 10.6. The third kappa shape index (κ3) is 7.00. The number of ether oxygens (including phenoxy) is 1. The smallest absolute Gasteiger partial charge is 0.343 e. The molecule has 0 fully saturated rings. The molecule has 2 amide bonds. The van der Waals surface area contributed by atoms with Gasteiger partial charge in [0.05, 0.1) is 28.9 Å². The SMILES string of the molecule is Cc1ccc(C(=O)Oc2ccc(Br)cc2/C=N\NC(=O)CNC(=O)c2ccccc2Cl)cc1. The summed E-state index contributed by atoms with van der Waals surface area (Å²) in [6.45, 7) is 1.63. The minimum atomic E-state index is -0.542. The van der Waals surface area contributed by atoms with E-state index in [2.05, 4.69) is 31.8 Å². The molecule has 0 spiro atoms. The number of aryl methyl sites for hydroxylation is 1. The topological polar surface area (TPSA) is 96.9 Å². The third-order valence-corrected chi connectivity index (χ3v) is 5.21. The molecule has 3 aromatic rings. The summed E-state index contributed by atoms with van der Waals surface area (Å²) in [5, 5.41) is 6.65. The van der Waals surface area contributed by atoms with Crippen LogP contribution in [0.25, 0.3) is 0 Å².